The minimum absolute atomic E-state index is 0.0404. The summed E-state index contributed by atoms with van der Waals surface area (Å²) >= 11 is 0. The number of halogens is 1. The van der Waals surface area contributed by atoms with E-state index in [-0.39, 0.29) is 28.5 Å². The average Bonchev–Trinajstić information content (AvgIpc) is 2.67. The van der Waals surface area contributed by atoms with Crippen LogP contribution in [0.2, 0.25) is 18.1 Å². The smallest absolute Gasteiger partial charge is 0.415 e. The van der Waals surface area contributed by atoms with Gasteiger partial charge in [-0.15, -0.1) is 0 Å². The van der Waals surface area contributed by atoms with Gasteiger partial charge in [-0.3, -0.25) is 0 Å². The van der Waals surface area contributed by atoms with Gasteiger partial charge in [0.2, 0.25) is 0 Å². The Morgan fingerprint density at radius 2 is 1.76 bits per heavy atom. The maximum absolute atomic E-state index is 14.5. The Balaban J connectivity index is 2.37. The summed E-state index contributed by atoms with van der Waals surface area (Å²) in [6.45, 7) is 11.6. The third-order valence-corrected chi connectivity index (χ3v) is 10.3. The van der Waals surface area contributed by atoms with Gasteiger partial charge >= 0.3 is 12.1 Å². The molecule has 1 heterocycles. The first kappa shape index (κ1) is 23.3. The van der Waals surface area contributed by atoms with Crippen LogP contribution in [0.15, 0.2) is 12.1 Å². The Morgan fingerprint density at radius 1 is 1.14 bits per heavy atom. The van der Waals surface area contributed by atoms with E-state index in [0.717, 1.165) is 25.3 Å². The van der Waals surface area contributed by atoms with Crippen molar-refractivity contribution in [1.82, 2.24) is 4.90 Å². The average molecular weight is 426 g/mol. The normalized spacial score (nSPS) is 15.2. The topological polar surface area (TPSA) is 65.1 Å². The number of likely N-dealkylation sites (tertiary alicyclic amines) is 1. The minimum Gasteiger partial charge on any atom is -0.465 e. The van der Waals surface area contributed by atoms with Crippen LogP contribution in [0.3, 0.4) is 0 Å². The first-order chi connectivity index (χ1) is 13.5. The molecule has 0 saturated carbocycles. The maximum Gasteiger partial charge on any atom is 0.415 e. The Hall–Kier alpha value is -1.93. The van der Waals surface area contributed by atoms with E-state index in [1.165, 1.54) is 13.2 Å². The third-order valence-electron chi connectivity index (χ3n) is 5.80. The van der Waals surface area contributed by atoms with Crippen LogP contribution in [-0.4, -0.2) is 45.5 Å². The second-order valence-electron chi connectivity index (χ2n) is 8.86. The van der Waals surface area contributed by atoms with Crippen molar-refractivity contribution >= 4 is 20.4 Å². The molecule has 1 aliphatic rings. The molecule has 0 aromatic heterocycles. The van der Waals surface area contributed by atoms with Crippen LogP contribution in [-0.2, 0) is 15.8 Å². The minimum atomic E-state index is -2.19. The van der Waals surface area contributed by atoms with Gasteiger partial charge in [0, 0.05) is 18.7 Å². The van der Waals surface area contributed by atoms with Gasteiger partial charge in [-0.25, -0.2) is 14.0 Å². The van der Waals surface area contributed by atoms with E-state index in [2.05, 4.69) is 33.9 Å². The zero-order valence-electron chi connectivity index (χ0n) is 18.3. The molecule has 1 amide bonds. The highest BCUT2D eigenvalue weighted by Gasteiger charge is 2.38. The van der Waals surface area contributed by atoms with Gasteiger partial charge in [-0.1, -0.05) is 20.8 Å². The van der Waals surface area contributed by atoms with Gasteiger partial charge in [0.1, 0.15) is 17.1 Å². The molecule has 0 aliphatic carbocycles. The van der Waals surface area contributed by atoms with Gasteiger partial charge in [-0.2, -0.15) is 0 Å². The first-order valence-corrected chi connectivity index (χ1v) is 12.9. The molecule has 0 unspecified atom stereocenters. The molecule has 0 atom stereocenters. The Labute approximate surface area is 173 Å². The van der Waals surface area contributed by atoms with E-state index in [0.29, 0.717) is 13.1 Å². The number of rotatable bonds is 5. The number of esters is 1. The molecule has 0 spiro atoms. The molecule has 2 rings (SSSR count). The van der Waals surface area contributed by atoms with E-state index < -0.39 is 26.2 Å². The van der Waals surface area contributed by atoms with E-state index in [4.69, 9.17) is 13.9 Å². The predicted octanol–water partition coefficient (Wildman–Crippen LogP) is 5.12. The zero-order valence-corrected chi connectivity index (χ0v) is 19.3. The largest absolute Gasteiger partial charge is 0.465 e. The van der Waals surface area contributed by atoms with Crippen molar-refractivity contribution in [3.05, 3.63) is 29.1 Å². The molecule has 1 fully saturated rings. The van der Waals surface area contributed by atoms with Crippen molar-refractivity contribution in [2.24, 2.45) is 0 Å². The van der Waals surface area contributed by atoms with Crippen molar-refractivity contribution in [3.8, 4) is 5.75 Å². The summed E-state index contributed by atoms with van der Waals surface area (Å²) < 4.78 is 31.0. The fourth-order valence-corrected chi connectivity index (χ4v) is 3.80. The van der Waals surface area contributed by atoms with Crippen molar-refractivity contribution in [2.45, 2.75) is 64.8 Å². The Morgan fingerprint density at radius 3 is 2.31 bits per heavy atom. The van der Waals surface area contributed by atoms with E-state index in [1.54, 1.807) is 4.90 Å². The summed E-state index contributed by atoms with van der Waals surface area (Å²) in [4.78, 5) is 26.5. The second kappa shape index (κ2) is 9.26. The van der Waals surface area contributed by atoms with Crippen LogP contribution in [0.5, 0.6) is 5.75 Å². The molecule has 1 saturated heterocycles. The number of benzene rings is 1. The lowest BCUT2D eigenvalue weighted by molar-refractivity contribution is 0.0590. The third kappa shape index (κ3) is 5.57. The molecule has 0 N–H and O–H groups in total. The number of hydrogen-bond acceptors (Lipinski definition) is 5. The Bertz CT molecular complexity index is 754. The molecule has 1 aromatic rings. The number of amides is 1. The number of methoxy groups -OCH3 is 1. The number of nitrogens with zero attached hydrogens (tertiary/aromatic N) is 1. The number of ether oxygens (including phenoxy) is 2. The van der Waals surface area contributed by atoms with Crippen molar-refractivity contribution in [2.75, 3.05) is 20.2 Å². The Kier molecular flexibility index (Phi) is 7.45. The second-order valence-corrected chi connectivity index (χ2v) is 13.7. The molecule has 162 valence electrons. The van der Waals surface area contributed by atoms with Crippen LogP contribution in [0.1, 0.15) is 56.0 Å². The fraction of sp³-hybridized carbons (Fsp3) is 0.619. The molecule has 1 aromatic carbocycles. The molecule has 1 aliphatic heterocycles. The van der Waals surface area contributed by atoms with Crippen LogP contribution in [0.4, 0.5) is 9.18 Å². The van der Waals surface area contributed by atoms with Crippen LogP contribution >= 0.6 is 0 Å². The maximum atomic E-state index is 14.5. The lowest BCUT2D eigenvalue weighted by Gasteiger charge is -2.36. The van der Waals surface area contributed by atoms with E-state index in [9.17, 15) is 14.0 Å². The first-order valence-electron chi connectivity index (χ1n) is 9.98. The quantitative estimate of drug-likeness (QED) is 0.484. The highest BCUT2D eigenvalue weighted by atomic mass is 28.4. The van der Waals surface area contributed by atoms with Crippen molar-refractivity contribution in [1.29, 1.82) is 0 Å². The summed E-state index contributed by atoms with van der Waals surface area (Å²) in [5.41, 5.74) is -0.0535. The molecular formula is C21H32FNO5Si. The molecule has 8 heteroatoms. The van der Waals surface area contributed by atoms with Gasteiger partial charge in [-0.05, 0) is 49.5 Å². The van der Waals surface area contributed by atoms with Gasteiger partial charge in [0.05, 0.1) is 13.7 Å². The zero-order chi connectivity index (χ0) is 21.8. The summed E-state index contributed by atoms with van der Waals surface area (Å²) in [5.74, 6) is -1.43. The highest BCUT2D eigenvalue weighted by molar-refractivity contribution is 6.74. The lowest BCUT2D eigenvalue weighted by atomic mass is 10.1. The summed E-state index contributed by atoms with van der Waals surface area (Å²) in [7, 11) is -1.01. The summed E-state index contributed by atoms with van der Waals surface area (Å²) in [6, 6.07) is 2.48. The summed E-state index contributed by atoms with van der Waals surface area (Å²) in [6.07, 6.45) is 2.43. The predicted molar refractivity (Wildman–Crippen MR) is 111 cm³/mol. The number of carbonyl (C=O) groups is 2. The van der Waals surface area contributed by atoms with Gasteiger partial charge in [0.15, 0.2) is 8.32 Å². The number of hydrogen-bond donors (Lipinski definition) is 0. The van der Waals surface area contributed by atoms with Gasteiger partial charge < -0.3 is 18.8 Å². The standard InChI is InChI=1S/C21H32FNO5Si/c1-21(2,3)29(5,6)27-14-15-17(11-10-16(22)18(15)19(24)26-4)28-20(25)23-12-8-7-9-13-23/h10-11H,7-9,12-14H2,1-6H3. The monoisotopic (exact) mass is 425 g/mol. The van der Waals surface area contributed by atoms with Crippen molar-refractivity contribution < 1.29 is 27.9 Å². The lowest BCUT2D eigenvalue weighted by Crippen LogP contribution is -2.41. The molecule has 6 nitrogen and oxygen atoms in total. The molecule has 29 heavy (non-hydrogen) atoms. The molecule has 0 bridgehead atoms. The van der Waals surface area contributed by atoms with Crippen molar-refractivity contribution in [3.63, 3.8) is 0 Å². The summed E-state index contributed by atoms with van der Waals surface area (Å²) in [5, 5.41) is -0.0730. The number of piperidine rings is 1. The fourth-order valence-electron chi connectivity index (χ4n) is 2.87. The van der Waals surface area contributed by atoms with E-state index in [1.807, 2.05) is 0 Å². The highest BCUT2D eigenvalue weighted by Crippen LogP contribution is 2.38. The number of carbonyl (C=O) groups excluding carboxylic acids is 2. The van der Waals surface area contributed by atoms with E-state index >= 15 is 0 Å². The van der Waals surface area contributed by atoms with Crippen LogP contribution in [0.25, 0.3) is 0 Å². The SMILES string of the molecule is COC(=O)c1c(F)ccc(OC(=O)N2CCCCC2)c1CO[Si](C)(C)C(C)(C)C. The van der Waals surface area contributed by atoms with Crippen LogP contribution in [0, 0.1) is 5.82 Å². The van der Waals surface area contributed by atoms with Crippen LogP contribution < -0.4 is 4.74 Å². The van der Waals surface area contributed by atoms with Gasteiger partial charge in [0.25, 0.3) is 0 Å². The molecule has 0 radical (unpaired) electrons. The molecular weight excluding hydrogens is 393 g/mol.